The van der Waals surface area contributed by atoms with E-state index < -0.39 is 0 Å². The van der Waals surface area contributed by atoms with Crippen LogP contribution < -0.4 is 5.73 Å². The summed E-state index contributed by atoms with van der Waals surface area (Å²) in [7, 11) is 2.08. The molecular weight excluding hydrogens is 214 g/mol. The molecule has 0 spiro atoms. The van der Waals surface area contributed by atoms with Crippen molar-refractivity contribution in [1.29, 1.82) is 0 Å². The average Bonchev–Trinajstić information content (AvgIpc) is 2.73. The number of hydrogen-bond donors (Lipinski definition) is 2. The van der Waals surface area contributed by atoms with Gasteiger partial charge >= 0.3 is 0 Å². The van der Waals surface area contributed by atoms with Crippen LogP contribution in [0, 0.1) is 0 Å². The molecule has 2 aromatic heterocycles. The van der Waals surface area contributed by atoms with Gasteiger partial charge in [-0.3, -0.25) is 10.1 Å². The summed E-state index contributed by atoms with van der Waals surface area (Å²) in [5.41, 5.74) is 7.84. The molecule has 0 aliphatic rings. The Balaban J connectivity index is 1.80. The molecule has 0 saturated heterocycles. The maximum Gasteiger partial charge on any atom is 0.145 e. The molecule has 17 heavy (non-hydrogen) atoms. The van der Waals surface area contributed by atoms with Crippen molar-refractivity contribution in [2.24, 2.45) is 0 Å². The highest BCUT2D eigenvalue weighted by Gasteiger charge is 2.03. The molecule has 3 N–H and O–H groups in total. The third-order valence-corrected chi connectivity index (χ3v) is 2.60. The molecule has 0 fully saturated rings. The lowest BCUT2D eigenvalue weighted by Gasteiger charge is -2.14. The number of H-pyrrole nitrogens is 1. The Morgan fingerprint density at radius 2 is 2.35 bits per heavy atom. The third kappa shape index (κ3) is 3.57. The second-order valence-corrected chi connectivity index (χ2v) is 4.17. The first kappa shape index (κ1) is 11.6. The van der Waals surface area contributed by atoms with Crippen LogP contribution in [0.3, 0.4) is 0 Å². The summed E-state index contributed by atoms with van der Waals surface area (Å²) in [5.74, 6) is 0.542. The van der Waals surface area contributed by atoms with Crippen molar-refractivity contribution in [2.75, 3.05) is 19.3 Å². The summed E-state index contributed by atoms with van der Waals surface area (Å²) in [6.07, 6.45) is 4.69. The molecule has 0 aliphatic heterocycles. The van der Waals surface area contributed by atoms with Gasteiger partial charge in [-0.2, -0.15) is 5.10 Å². The minimum atomic E-state index is 0.542. The van der Waals surface area contributed by atoms with E-state index >= 15 is 0 Å². The highest BCUT2D eigenvalue weighted by molar-refractivity contribution is 5.28. The van der Waals surface area contributed by atoms with Crippen LogP contribution in [-0.4, -0.2) is 33.7 Å². The Morgan fingerprint density at radius 1 is 1.47 bits per heavy atom. The lowest BCUT2D eigenvalue weighted by molar-refractivity contribution is 0.327. The first-order valence-corrected chi connectivity index (χ1v) is 5.61. The molecule has 5 heteroatoms. The van der Waals surface area contributed by atoms with Gasteiger partial charge in [-0.25, -0.2) is 0 Å². The summed E-state index contributed by atoms with van der Waals surface area (Å²) in [6.45, 7) is 1.80. The summed E-state index contributed by atoms with van der Waals surface area (Å²) in [6, 6.07) is 5.92. The molecule has 0 bridgehead atoms. The number of pyridine rings is 1. The zero-order valence-electron chi connectivity index (χ0n) is 9.93. The molecule has 0 aliphatic carbocycles. The lowest BCUT2D eigenvalue weighted by Crippen LogP contribution is -2.21. The number of nitrogens with zero attached hydrogens (tertiary/aromatic N) is 3. The van der Waals surface area contributed by atoms with Gasteiger partial charge in [-0.1, -0.05) is 6.07 Å². The second-order valence-electron chi connectivity index (χ2n) is 4.17. The SMILES string of the molecule is CN(CCc1cccnc1)Cc1cc(N)n[nH]1. The number of nitrogens with one attached hydrogen (secondary N) is 1. The van der Waals surface area contributed by atoms with Gasteiger partial charge in [0.1, 0.15) is 5.82 Å². The fourth-order valence-electron chi connectivity index (χ4n) is 1.70. The van der Waals surface area contributed by atoms with E-state index in [0.29, 0.717) is 5.82 Å². The summed E-state index contributed by atoms with van der Waals surface area (Å²) < 4.78 is 0. The monoisotopic (exact) mass is 231 g/mol. The van der Waals surface area contributed by atoms with Gasteiger partial charge in [0.2, 0.25) is 0 Å². The largest absolute Gasteiger partial charge is 0.382 e. The summed E-state index contributed by atoms with van der Waals surface area (Å²) in [4.78, 5) is 6.32. The van der Waals surface area contributed by atoms with Gasteiger partial charge in [0.05, 0.1) is 5.69 Å². The molecule has 0 aromatic carbocycles. The lowest BCUT2D eigenvalue weighted by atomic mass is 10.2. The third-order valence-electron chi connectivity index (χ3n) is 2.60. The summed E-state index contributed by atoms with van der Waals surface area (Å²) >= 11 is 0. The number of anilines is 1. The van der Waals surface area contributed by atoms with Crippen LogP contribution in [0.5, 0.6) is 0 Å². The predicted octanol–water partition coefficient (Wildman–Crippen LogP) is 1.06. The van der Waals surface area contributed by atoms with Crippen LogP contribution in [0.15, 0.2) is 30.6 Å². The Bertz CT molecular complexity index is 451. The Morgan fingerprint density at radius 3 is 3.00 bits per heavy atom. The number of hydrogen-bond acceptors (Lipinski definition) is 4. The van der Waals surface area contributed by atoms with Crippen LogP contribution in [0.2, 0.25) is 0 Å². The van der Waals surface area contributed by atoms with E-state index in [0.717, 1.165) is 25.2 Å². The number of rotatable bonds is 5. The Hall–Kier alpha value is -1.88. The quantitative estimate of drug-likeness (QED) is 0.807. The van der Waals surface area contributed by atoms with Gasteiger partial charge < -0.3 is 10.6 Å². The molecule has 0 amide bonds. The Labute approximate surface area is 101 Å². The fourth-order valence-corrected chi connectivity index (χ4v) is 1.70. The smallest absolute Gasteiger partial charge is 0.145 e. The van der Waals surface area contributed by atoms with Gasteiger partial charge in [-0.15, -0.1) is 0 Å². The number of nitrogen functional groups attached to an aromatic ring is 1. The van der Waals surface area contributed by atoms with Crippen molar-refractivity contribution in [3.05, 3.63) is 41.9 Å². The maximum atomic E-state index is 5.55. The first-order valence-electron chi connectivity index (χ1n) is 5.61. The standard InChI is InChI=1S/C12H17N5/c1-17(9-11-7-12(13)16-15-11)6-4-10-3-2-5-14-8-10/h2-3,5,7-8H,4,6,9H2,1H3,(H3,13,15,16). The molecule has 2 aromatic rings. The van der Waals surface area contributed by atoms with Crippen LogP contribution in [0.1, 0.15) is 11.3 Å². The van der Waals surface area contributed by atoms with Gasteiger partial charge in [-0.05, 0) is 25.1 Å². The van der Waals surface area contributed by atoms with Gasteiger partial charge in [0, 0.05) is 31.5 Å². The molecule has 5 nitrogen and oxygen atoms in total. The van der Waals surface area contributed by atoms with E-state index in [-0.39, 0.29) is 0 Å². The van der Waals surface area contributed by atoms with Crippen molar-refractivity contribution in [3.63, 3.8) is 0 Å². The minimum absolute atomic E-state index is 0.542. The van der Waals surface area contributed by atoms with E-state index in [1.54, 1.807) is 6.20 Å². The summed E-state index contributed by atoms with van der Waals surface area (Å²) in [5, 5.41) is 6.81. The maximum absolute atomic E-state index is 5.55. The van der Waals surface area contributed by atoms with Gasteiger partial charge in [0.15, 0.2) is 0 Å². The van der Waals surface area contributed by atoms with Crippen molar-refractivity contribution >= 4 is 5.82 Å². The van der Waals surface area contributed by atoms with E-state index in [1.807, 2.05) is 18.3 Å². The van der Waals surface area contributed by atoms with Crippen molar-refractivity contribution in [1.82, 2.24) is 20.1 Å². The van der Waals surface area contributed by atoms with Crippen LogP contribution >= 0.6 is 0 Å². The van der Waals surface area contributed by atoms with Crippen LogP contribution in [0.25, 0.3) is 0 Å². The molecule has 0 radical (unpaired) electrons. The number of nitrogens with two attached hydrogens (primary N) is 1. The highest BCUT2D eigenvalue weighted by atomic mass is 15.2. The zero-order valence-corrected chi connectivity index (χ0v) is 9.93. The van der Waals surface area contributed by atoms with Crippen LogP contribution in [0.4, 0.5) is 5.82 Å². The van der Waals surface area contributed by atoms with Crippen LogP contribution in [-0.2, 0) is 13.0 Å². The minimum Gasteiger partial charge on any atom is -0.382 e. The first-order chi connectivity index (χ1) is 8.24. The topological polar surface area (TPSA) is 70.8 Å². The number of aromatic nitrogens is 3. The van der Waals surface area contributed by atoms with Gasteiger partial charge in [0.25, 0.3) is 0 Å². The molecule has 0 unspecified atom stereocenters. The van der Waals surface area contributed by atoms with E-state index in [2.05, 4.69) is 33.2 Å². The highest BCUT2D eigenvalue weighted by Crippen LogP contribution is 2.05. The Kier molecular flexibility index (Phi) is 3.72. The molecule has 2 heterocycles. The predicted molar refractivity (Wildman–Crippen MR) is 67.3 cm³/mol. The normalized spacial score (nSPS) is 10.9. The molecule has 2 rings (SSSR count). The molecular formula is C12H17N5. The zero-order chi connectivity index (χ0) is 12.1. The van der Waals surface area contributed by atoms with E-state index in [9.17, 15) is 0 Å². The van der Waals surface area contributed by atoms with E-state index in [4.69, 9.17) is 5.73 Å². The average molecular weight is 231 g/mol. The second kappa shape index (κ2) is 5.45. The van der Waals surface area contributed by atoms with Crippen molar-refractivity contribution in [2.45, 2.75) is 13.0 Å². The molecule has 0 atom stereocenters. The fraction of sp³-hybridized carbons (Fsp3) is 0.333. The van der Waals surface area contributed by atoms with Crippen molar-refractivity contribution in [3.8, 4) is 0 Å². The number of likely N-dealkylation sites (N-methyl/N-ethyl adjacent to an activating group) is 1. The van der Waals surface area contributed by atoms with E-state index in [1.165, 1.54) is 5.56 Å². The molecule has 90 valence electrons. The number of aromatic amines is 1. The van der Waals surface area contributed by atoms with Crippen molar-refractivity contribution < 1.29 is 0 Å². The molecule has 0 saturated carbocycles.